The molecule has 0 aliphatic carbocycles. The van der Waals surface area contributed by atoms with E-state index in [4.69, 9.17) is 28.9 Å². The van der Waals surface area contributed by atoms with Crippen molar-refractivity contribution in [3.05, 3.63) is 28.2 Å². The Balaban J connectivity index is 2.22. The monoisotopic (exact) mass is 285 g/mol. The van der Waals surface area contributed by atoms with Crippen LogP contribution in [0.3, 0.4) is 0 Å². The molecule has 0 saturated carbocycles. The summed E-state index contributed by atoms with van der Waals surface area (Å²) in [5.41, 5.74) is 6.40. The van der Waals surface area contributed by atoms with Crippen LogP contribution in [0.4, 0.5) is 5.13 Å². The van der Waals surface area contributed by atoms with Crippen LogP contribution in [0, 0.1) is 0 Å². The lowest BCUT2D eigenvalue weighted by Crippen LogP contribution is -1.92. The quantitative estimate of drug-likeness (QED) is 0.746. The first-order chi connectivity index (χ1) is 8.15. The van der Waals surface area contributed by atoms with E-state index in [-0.39, 0.29) is 0 Å². The summed E-state index contributed by atoms with van der Waals surface area (Å²) >= 11 is 13.1. The Morgan fingerprint density at radius 2 is 2.00 bits per heavy atom. The van der Waals surface area contributed by atoms with E-state index in [1.807, 2.05) is 0 Å². The number of nitrogens with zero attached hydrogens (tertiary/aromatic N) is 4. The van der Waals surface area contributed by atoms with Gasteiger partial charge in [-0.05, 0) is 18.2 Å². The van der Waals surface area contributed by atoms with E-state index in [0.717, 1.165) is 5.56 Å². The van der Waals surface area contributed by atoms with Crippen LogP contribution in [-0.2, 0) is 0 Å². The zero-order valence-corrected chi connectivity index (χ0v) is 10.6. The molecular formula is C9H5Cl2N5S. The second-order valence-corrected chi connectivity index (χ2v) is 5.09. The van der Waals surface area contributed by atoms with Gasteiger partial charge >= 0.3 is 0 Å². The van der Waals surface area contributed by atoms with Crippen molar-refractivity contribution in [2.45, 2.75) is 0 Å². The molecule has 2 heterocycles. The van der Waals surface area contributed by atoms with E-state index in [2.05, 4.69) is 15.3 Å². The minimum Gasteiger partial charge on any atom is -0.374 e. The summed E-state index contributed by atoms with van der Waals surface area (Å²) in [7, 11) is 0. The van der Waals surface area contributed by atoms with Gasteiger partial charge in [-0.3, -0.25) is 0 Å². The Kier molecular flexibility index (Phi) is 2.43. The predicted molar refractivity (Wildman–Crippen MR) is 68.5 cm³/mol. The zero-order chi connectivity index (χ0) is 12.0. The topological polar surface area (TPSA) is 69.1 Å². The fourth-order valence-electron chi connectivity index (χ4n) is 1.45. The smallest absolute Gasteiger partial charge is 0.236 e. The summed E-state index contributed by atoms with van der Waals surface area (Å²) in [5, 5.41) is 13.5. The highest BCUT2D eigenvalue weighted by molar-refractivity contribution is 7.20. The van der Waals surface area contributed by atoms with E-state index in [1.165, 1.54) is 11.3 Å². The summed E-state index contributed by atoms with van der Waals surface area (Å²) in [5.74, 6) is 0.589. The summed E-state index contributed by atoms with van der Waals surface area (Å²) < 4.78 is 1.58. The average Bonchev–Trinajstić information content (AvgIpc) is 2.81. The first-order valence-corrected chi connectivity index (χ1v) is 6.15. The summed E-state index contributed by atoms with van der Waals surface area (Å²) in [6.07, 6.45) is 0. The maximum atomic E-state index is 5.96. The van der Waals surface area contributed by atoms with Gasteiger partial charge in [0, 0.05) is 5.56 Å². The molecule has 0 aliphatic heterocycles. The van der Waals surface area contributed by atoms with E-state index in [9.17, 15) is 0 Å². The predicted octanol–water partition coefficient (Wildman–Crippen LogP) is 2.74. The van der Waals surface area contributed by atoms with Crippen molar-refractivity contribution in [3.8, 4) is 11.4 Å². The zero-order valence-electron chi connectivity index (χ0n) is 8.26. The molecule has 2 N–H and O–H groups in total. The minimum absolute atomic E-state index is 0.441. The third-order valence-corrected chi connectivity index (χ3v) is 3.65. The molecule has 8 heteroatoms. The standard InChI is InChI=1S/C9H5Cl2N5S/c10-5-2-1-4(3-6(5)11)7-13-14-9-16(7)15-8(12)17-9/h1-3H,(H2,12,15). The lowest BCUT2D eigenvalue weighted by molar-refractivity contribution is 0.973. The summed E-state index contributed by atoms with van der Waals surface area (Å²) in [4.78, 5) is 0.642. The van der Waals surface area contributed by atoms with Crippen LogP contribution in [0.2, 0.25) is 10.0 Å². The van der Waals surface area contributed by atoms with Crippen molar-refractivity contribution in [2.75, 3.05) is 5.73 Å². The SMILES string of the molecule is Nc1nn2c(-c3ccc(Cl)c(Cl)c3)nnc2s1. The molecule has 0 unspecified atom stereocenters. The van der Waals surface area contributed by atoms with Crippen molar-refractivity contribution < 1.29 is 0 Å². The van der Waals surface area contributed by atoms with Gasteiger partial charge in [-0.2, -0.15) is 4.52 Å². The lowest BCUT2D eigenvalue weighted by Gasteiger charge is -1.99. The van der Waals surface area contributed by atoms with Gasteiger partial charge in [0.05, 0.1) is 10.0 Å². The number of rotatable bonds is 1. The number of hydrogen-bond donors (Lipinski definition) is 1. The van der Waals surface area contributed by atoms with E-state index in [1.54, 1.807) is 22.7 Å². The molecule has 1 aromatic carbocycles. The Labute approximate surface area is 110 Å². The van der Waals surface area contributed by atoms with Crippen LogP contribution in [0.15, 0.2) is 18.2 Å². The molecule has 0 radical (unpaired) electrons. The Morgan fingerprint density at radius 3 is 2.76 bits per heavy atom. The Hall–Kier alpha value is -1.37. The molecule has 86 valence electrons. The maximum absolute atomic E-state index is 5.96. The number of halogens is 2. The van der Waals surface area contributed by atoms with Crippen molar-refractivity contribution in [3.63, 3.8) is 0 Å². The molecule has 0 fully saturated rings. The highest BCUT2D eigenvalue weighted by Crippen LogP contribution is 2.28. The molecule has 0 spiro atoms. The van der Waals surface area contributed by atoms with E-state index < -0.39 is 0 Å². The molecule has 2 aromatic heterocycles. The molecule has 5 nitrogen and oxygen atoms in total. The molecule has 0 amide bonds. The normalized spacial score (nSPS) is 11.2. The fraction of sp³-hybridized carbons (Fsp3) is 0. The second-order valence-electron chi connectivity index (χ2n) is 3.29. The van der Waals surface area contributed by atoms with E-state index >= 15 is 0 Å². The van der Waals surface area contributed by atoms with Gasteiger partial charge in [-0.15, -0.1) is 15.3 Å². The van der Waals surface area contributed by atoms with Crippen LogP contribution < -0.4 is 5.73 Å². The number of anilines is 1. The van der Waals surface area contributed by atoms with Crippen LogP contribution >= 0.6 is 34.5 Å². The van der Waals surface area contributed by atoms with Gasteiger partial charge in [0.25, 0.3) is 0 Å². The largest absolute Gasteiger partial charge is 0.374 e. The average molecular weight is 286 g/mol. The van der Waals surface area contributed by atoms with Crippen molar-refractivity contribution in [1.29, 1.82) is 0 Å². The number of nitrogen functional groups attached to an aromatic ring is 1. The van der Waals surface area contributed by atoms with Crippen molar-refractivity contribution in [1.82, 2.24) is 19.8 Å². The molecule has 3 aromatic rings. The number of nitrogens with two attached hydrogens (primary N) is 1. The molecule has 0 saturated heterocycles. The van der Waals surface area contributed by atoms with E-state index in [0.29, 0.717) is 26.0 Å². The third kappa shape index (κ3) is 1.74. The highest BCUT2D eigenvalue weighted by atomic mass is 35.5. The van der Waals surface area contributed by atoms with Gasteiger partial charge < -0.3 is 5.73 Å². The van der Waals surface area contributed by atoms with Crippen LogP contribution in [0.1, 0.15) is 0 Å². The van der Waals surface area contributed by atoms with Crippen molar-refractivity contribution >= 4 is 44.6 Å². The van der Waals surface area contributed by atoms with Crippen LogP contribution in [0.5, 0.6) is 0 Å². The third-order valence-electron chi connectivity index (χ3n) is 2.18. The number of fused-ring (bicyclic) bond motifs is 1. The highest BCUT2D eigenvalue weighted by Gasteiger charge is 2.13. The molecule has 0 aliphatic rings. The van der Waals surface area contributed by atoms with Crippen molar-refractivity contribution in [2.24, 2.45) is 0 Å². The molecule has 0 atom stereocenters. The second kappa shape index (κ2) is 3.83. The summed E-state index contributed by atoms with van der Waals surface area (Å²) in [6.45, 7) is 0. The number of aromatic nitrogens is 4. The number of hydrogen-bond acceptors (Lipinski definition) is 5. The minimum atomic E-state index is 0.441. The van der Waals surface area contributed by atoms with Gasteiger partial charge in [0.15, 0.2) is 5.82 Å². The fourth-order valence-corrected chi connectivity index (χ4v) is 2.35. The van der Waals surface area contributed by atoms with Gasteiger partial charge in [-0.1, -0.05) is 34.5 Å². The molecule has 3 rings (SSSR count). The molecule has 17 heavy (non-hydrogen) atoms. The van der Waals surface area contributed by atoms with Crippen LogP contribution in [0.25, 0.3) is 16.3 Å². The summed E-state index contributed by atoms with van der Waals surface area (Å²) in [6, 6.07) is 5.23. The molecule has 0 bridgehead atoms. The first-order valence-electron chi connectivity index (χ1n) is 4.58. The Morgan fingerprint density at radius 1 is 1.18 bits per heavy atom. The van der Waals surface area contributed by atoms with Gasteiger partial charge in [0.2, 0.25) is 10.1 Å². The maximum Gasteiger partial charge on any atom is 0.236 e. The van der Waals surface area contributed by atoms with Gasteiger partial charge in [-0.25, -0.2) is 0 Å². The van der Waals surface area contributed by atoms with Crippen LogP contribution in [-0.4, -0.2) is 19.8 Å². The number of benzene rings is 1. The molecular weight excluding hydrogens is 281 g/mol. The Bertz CT molecular complexity index is 705. The first kappa shape index (κ1) is 10.8. The van der Waals surface area contributed by atoms with Gasteiger partial charge in [0.1, 0.15) is 0 Å². The lowest BCUT2D eigenvalue weighted by atomic mass is 10.2.